The Labute approximate surface area is 325 Å². The van der Waals surface area contributed by atoms with Crippen LogP contribution in [0.1, 0.15) is 219 Å². The average molecular weight is 758 g/mol. The van der Waals surface area contributed by atoms with Crippen molar-refractivity contribution in [1.82, 2.24) is 5.32 Å². The second-order valence-electron chi connectivity index (χ2n) is 16.2. The Balaban J connectivity index is 2.22. The average Bonchev–Trinajstić information content (AvgIpc) is 3.16. The number of ether oxygens (including phenoxy) is 2. The van der Waals surface area contributed by atoms with Crippen molar-refractivity contribution in [3.63, 3.8) is 0 Å². The molecule has 1 aliphatic heterocycles. The van der Waals surface area contributed by atoms with Crippen LogP contribution < -0.4 is 5.32 Å². The summed E-state index contributed by atoms with van der Waals surface area (Å²) in [5, 5.41) is 54.2. The van der Waals surface area contributed by atoms with Crippen LogP contribution in [0.2, 0.25) is 0 Å². The summed E-state index contributed by atoms with van der Waals surface area (Å²) < 4.78 is 11.2. The van der Waals surface area contributed by atoms with E-state index in [1.807, 2.05) is 0 Å². The SMILES string of the molecule is CCCCCCCCCCCCCCCCCCCCCCCCC(O)C(COC1OC(CO)C(O)C(O)C1O)NC(=O)CCCCCCCCCC. The van der Waals surface area contributed by atoms with E-state index in [9.17, 15) is 30.3 Å². The lowest BCUT2D eigenvalue weighted by Gasteiger charge is -2.40. The summed E-state index contributed by atoms with van der Waals surface area (Å²) in [4.78, 5) is 12.8. The van der Waals surface area contributed by atoms with E-state index in [0.29, 0.717) is 12.8 Å². The van der Waals surface area contributed by atoms with Gasteiger partial charge in [0.05, 0.1) is 25.4 Å². The van der Waals surface area contributed by atoms with E-state index >= 15 is 0 Å². The highest BCUT2D eigenvalue weighted by Crippen LogP contribution is 2.23. The molecule has 9 heteroatoms. The summed E-state index contributed by atoms with van der Waals surface area (Å²) in [6.07, 6.45) is 31.3. The van der Waals surface area contributed by atoms with Crippen molar-refractivity contribution in [1.29, 1.82) is 0 Å². The van der Waals surface area contributed by atoms with Crippen LogP contribution in [0, 0.1) is 0 Å². The lowest BCUT2D eigenvalue weighted by Crippen LogP contribution is -2.60. The number of aliphatic hydroxyl groups excluding tert-OH is 5. The highest BCUT2D eigenvalue weighted by molar-refractivity contribution is 5.76. The molecule has 7 unspecified atom stereocenters. The Kier molecular flexibility index (Phi) is 33.7. The fourth-order valence-corrected chi connectivity index (χ4v) is 7.51. The Morgan fingerprint density at radius 3 is 1.34 bits per heavy atom. The number of nitrogens with one attached hydrogen (secondary N) is 1. The molecule has 9 nitrogen and oxygen atoms in total. The number of carbonyl (C=O) groups is 1. The van der Waals surface area contributed by atoms with Crippen molar-refractivity contribution in [3.05, 3.63) is 0 Å². The van der Waals surface area contributed by atoms with Crippen molar-refractivity contribution in [2.45, 2.75) is 262 Å². The minimum Gasteiger partial charge on any atom is -0.394 e. The molecule has 1 saturated heterocycles. The van der Waals surface area contributed by atoms with Crippen molar-refractivity contribution in [2.75, 3.05) is 13.2 Å². The molecule has 7 atom stereocenters. The largest absolute Gasteiger partial charge is 0.394 e. The van der Waals surface area contributed by atoms with E-state index in [0.717, 1.165) is 38.5 Å². The molecule has 1 heterocycles. The number of carbonyl (C=O) groups excluding carboxylic acids is 1. The number of rotatable bonds is 38. The zero-order valence-electron chi connectivity index (χ0n) is 34.5. The van der Waals surface area contributed by atoms with Gasteiger partial charge in [-0.1, -0.05) is 200 Å². The molecule has 0 saturated carbocycles. The fraction of sp³-hybridized carbons (Fsp3) is 0.977. The van der Waals surface area contributed by atoms with Gasteiger partial charge in [0.1, 0.15) is 24.4 Å². The van der Waals surface area contributed by atoms with Gasteiger partial charge in [-0.25, -0.2) is 0 Å². The number of hydrogen-bond acceptors (Lipinski definition) is 8. The molecule has 316 valence electrons. The Bertz CT molecular complexity index is 801. The van der Waals surface area contributed by atoms with E-state index in [4.69, 9.17) is 9.47 Å². The molecule has 0 aromatic rings. The third-order valence-electron chi connectivity index (χ3n) is 11.2. The molecule has 0 aromatic carbocycles. The molecule has 0 spiro atoms. The molecule has 1 aliphatic rings. The first-order valence-electron chi connectivity index (χ1n) is 22.7. The minimum atomic E-state index is -1.55. The highest BCUT2D eigenvalue weighted by atomic mass is 16.7. The Morgan fingerprint density at radius 2 is 0.943 bits per heavy atom. The van der Waals surface area contributed by atoms with Crippen molar-refractivity contribution in [2.24, 2.45) is 0 Å². The van der Waals surface area contributed by atoms with Crippen LogP contribution in [0.3, 0.4) is 0 Å². The van der Waals surface area contributed by atoms with Gasteiger partial charge in [0.25, 0.3) is 0 Å². The summed E-state index contributed by atoms with van der Waals surface area (Å²) in [6.45, 7) is 3.81. The van der Waals surface area contributed by atoms with Gasteiger partial charge in [0, 0.05) is 6.42 Å². The van der Waals surface area contributed by atoms with Crippen LogP contribution in [-0.2, 0) is 14.3 Å². The predicted molar refractivity (Wildman–Crippen MR) is 217 cm³/mol. The van der Waals surface area contributed by atoms with Crippen molar-refractivity contribution >= 4 is 5.91 Å². The lowest BCUT2D eigenvalue weighted by molar-refractivity contribution is -0.302. The zero-order valence-corrected chi connectivity index (χ0v) is 34.5. The zero-order chi connectivity index (χ0) is 38.8. The van der Waals surface area contributed by atoms with Crippen LogP contribution in [0.4, 0.5) is 0 Å². The standard InChI is InChI=1S/C44H87NO8/c1-3-5-7-9-11-13-14-15-16-17-18-19-20-21-22-23-24-25-26-27-29-31-33-38(47)37(45-40(48)34-32-30-28-12-10-8-6-4-2)36-52-44-43(51)42(50)41(49)39(35-46)53-44/h37-39,41-44,46-47,49-51H,3-36H2,1-2H3,(H,45,48). The molecule has 1 rings (SSSR count). The van der Waals surface area contributed by atoms with Crippen LogP contribution in [0.15, 0.2) is 0 Å². The Morgan fingerprint density at radius 1 is 0.566 bits per heavy atom. The molecule has 0 aliphatic carbocycles. The second-order valence-corrected chi connectivity index (χ2v) is 16.2. The quantitative estimate of drug-likeness (QED) is 0.0342. The summed E-state index contributed by atoms with van der Waals surface area (Å²) in [5.74, 6) is -0.147. The van der Waals surface area contributed by atoms with Gasteiger partial charge in [-0.2, -0.15) is 0 Å². The molecular formula is C44H87NO8. The fourth-order valence-electron chi connectivity index (χ4n) is 7.51. The third-order valence-corrected chi connectivity index (χ3v) is 11.2. The van der Waals surface area contributed by atoms with Gasteiger partial charge >= 0.3 is 0 Å². The lowest BCUT2D eigenvalue weighted by atomic mass is 9.99. The van der Waals surface area contributed by atoms with E-state index in [-0.39, 0.29) is 12.5 Å². The predicted octanol–water partition coefficient (Wildman–Crippen LogP) is 9.17. The third kappa shape index (κ3) is 26.6. The number of unbranched alkanes of at least 4 members (excludes halogenated alkanes) is 28. The topological polar surface area (TPSA) is 149 Å². The van der Waals surface area contributed by atoms with Crippen LogP contribution in [-0.4, -0.2) is 87.5 Å². The van der Waals surface area contributed by atoms with E-state index in [1.165, 1.54) is 154 Å². The van der Waals surface area contributed by atoms with E-state index < -0.39 is 49.5 Å². The van der Waals surface area contributed by atoms with Gasteiger partial charge in [-0.05, 0) is 12.8 Å². The normalized spacial score (nSPS) is 21.5. The van der Waals surface area contributed by atoms with Crippen molar-refractivity contribution in [3.8, 4) is 0 Å². The van der Waals surface area contributed by atoms with Gasteiger partial charge in [0.15, 0.2) is 6.29 Å². The maximum absolute atomic E-state index is 12.8. The smallest absolute Gasteiger partial charge is 0.220 e. The first-order valence-corrected chi connectivity index (χ1v) is 22.7. The van der Waals surface area contributed by atoms with Crippen LogP contribution in [0.5, 0.6) is 0 Å². The summed E-state index contributed by atoms with van der Waals surface area (Å²) >= 11 is 0. The number of amides is 1. The number of hydrogen-bond donors (Lipinski definition) is 6. The minimum absolute atomic E-state index is 0.133. The molecule has 0 bridgehead atoms. The monoisotopic (exact) mass is 758 g/mol. The van der Waals surface area contributed by atoms with Gasteiger partial charge in [-0.3, -0.25) is 4.79 Å². The molecule has 53 heavy (non-hydrogen) atoms. The number of aliphatic hydroxyl groups is 5. The van der Waals surface area contributed by atoms with Crippen LogP contribution in [0.25, 0.3) is 0 Å². The van der Waals surface area contributed by atoms with Crippen molar-refractivity contribution < 1.29 is 39.8 Å². The Hall–Kier alpha value is -0.810. The van der Waals surface area contributed by atoms with E-state index in [1.54, 1.807) is 0 Å². The second kappa shape index (κ2) is 35.6. The van der Waals surface area contributed by atoms with Gasteiger partial charge in [-0.15, -0.1) is 0 Å². The highest BCUT2D eigenvalue weighted by Gasteiger charge is 2.44. The molecule has 1 amide bonds. The summed E-state index contributed by atoms with van der Waals surface area (Å²) in [5.41, 5.74) is 0. The maximum Gasteiger partial charge on any atom is 0.220 e. The molecule has 0 aromatic heterocycles. The van der Waals surface area contributed by atoms with Gasteiger partial charge in [0.2, 0.25) is 5.91 Å². The molecular weight excluding hydrogens is 670 g/mol. The summed E-state index contributed by atoms with van der Waals surface area (Å²) in [6, 6.07) is -0.709. The maximum atomic E-state index is 12.8. The van der Waals surface area contributed by atoms with Gasteiger partial charge < -0.3 is 40.3 Å². The molecule has 1 fully saturated rings. The van der Waals surface area contributed by atoms with E-state index in [2.05, 4.69) is 19.2 Å². The molecule has 0 radical (unpaired) electrons. The molecule has 6 N–H and O–H groups in total. The van der Waals surface area contributed by atoms with Crippen LogP contribution >= 0.6 is 0 Å². The first kappa shape index (κ1) is 50.2. The first-order chi connectivity index (χ1) is 25.8. The summed E-state index contributed by atoms with van der Waals surface area (Å²) in [7, 11) is 0.